The molecule has 0 aliphatic carbocycles. The van der Waals surface area contributed by atoms with Gasteiger partial charge in [0.15, 0.2) is 5.78 Å². The molecule has 0 radical (unpaired) electrons. The van der Waals surface area contributed by atoms with Crippen LogP contribution >= 0.6 is 0 Å². The second-order valence-electron chi connectivity index (χ2n) is 6.15. The highest BCUT2D eigenvalue weighted by molar-refractivity contribution is 6.23. The van der Waals surface area contributed by atoms with Crippen molar-refractivity contribution in [3.05, 3.63) is 59.7 Å². The minimum absolute atomic E-state index is 0.0222. The molecule has 0 unspecified atom stereocenters. The molecule has 0 aromatic heterocycles. The fraction of sp³-hybridized carbons (Fsp3) is 0.200. The number of nitrogens with one attached hydrogen (secondary N) is 1. The molecule has 1 aliphatic heterocycles. The van der Waals surface area contributed by atoms with Gasteiger partial charge in [0.05, 0.1) is 24.8 Å². The fourth-order valence-corrected chi connectivity index (χ4v) is 2.93. The summed E-state index contributed by atoms with van der Waals surface area (Å²) in [5.41, 5.74) is 1.66. The minimum atomic E-state index is -0.758. The van der Waals surface area contributed by atoms with Crippen LogP contribution in [0, 0.1) is 0 Å². The summed E-state index contributed by atoms with van der Waals surface area (Å²) < 4.78 is 4.68. The maximum absolute atomic E-state index is 12.7. The monoisotopic (exact) mass is 366 g/mol. The van der Waals surface area contributed by atoms with Gasteiger partial charge in [0.2, 0.25) is 5.91 Å². The highest BCUT2D eigenvalue weighted by atomic mass is 16.5. The van der Waals surface area contributed by atoms with Crippen molar-refractivity contribution in [3.8, 4) is 0 Å². The summed E-state index contributed by atoms with van der Waals surface area (Å²) in [4.78, 5) is 49.4. The van der Waals surface area contributed by atoms with Crippen LogP contribution in [-0.4, -0.2) is 36.7 Å². The zero-order valence-corrected chi connectivity index (χ0v) is 14.9. The number of amides is 2. The normalized spacial score (nSPS) is 16.4. The van der Waals surface area contributed by atoms with Gasteiger partial charge >= 0.3 is 5.97 Å². The third-order valence-corrected chi connectivity index (χ3v) is 4.28. The molecule has 1 heterocycles. The standard InChI is InChI=1S/C20H18N2O5/c1-12(23)13-5-4-8-16(10-13)22-18(24)11-17(19(22)25)21-15-7-3-6-14(9-15)20(26)27-2/h3-10,17,21H,11H2,1-2H3/t17-/m1/s1. The zero-order valence-electron chi connectivity index (χ0n) is 14.9. The molecule has 2 aromatic rings. The van der Waals surface area contributed by atoms with Crippen molar-refractivity contribution >= 4 is 34.9 Å². The van der Waals surface area contributed by atoms with Crippen molar-refractivity contribution in [2.75, 3.05) is 17.3 Å². The number of hydrogen-bond donors (Lipinski definition) is 1. The van der Waals surface area contributed by atoms with Gasteiger partial charge in [-0.15, -0.1) is 0 Å². The number of carbonyl (C=O) groups is 4. The number of ketones is 1. The van der Waals surface area contributed by atoms with E-state index in [4.69, 9.17) is 0 Å². The van der Waals surface area contributed by atoms with Crippen LogP contribution in [0.15, 0.2) is 48.5 Å². The molecule has 7 nitrogen and oxygen atoms in total. The molecule has 2 aromatic carbocycles. The van der Waals surface area contributed by atoms with Crippen LogP contribution in [0.25, 0.3) is 0 Å². The quantitative estimate of drug-likeness (QED) is 0.496. The van der Waals surface area contributed by atoms with E-state index in [-0.39, 0.29) is 18.1 Å². The number of carbonyl (C=O) groups excluding carboxylic acids is 4. The lowest BCUT2D eigenvalue weighted by molar-refractivity contribution is -0.121. The lowest BCUT2D eigenvalue weighted by Crippen LogP contribution is -2.34. The van der Waals surface area contributed by atoms with E-state index in [2.05, 4.69) is 10.1 Å². The SMILES string of the molecule is COC(=O)c1cccc(N[C@@H]2CC(=O)N(c3cccc(C(C)=O)c3)C2=O)c1. The van der Waals surface area contributed by atoms with Crippen LogP contribution < -0.4 is 10.2 Å². The number of ether oxygens (including phenoxy) is 1. The van der Waals surface area contributed by atoms with Crippen molar-refractivity contribution in [1.82, 2.24) is 0 Å². The highest BCUT2D eigenvalue weighted by Gasteiger charge is 2.39. The Bertz CT molecular complexity index is 937. The van der Waals surface area contributed by atoms with Gasteiger partial charge in [-0.3, -0.25) is 14.4 Å². The first kappa shape index (κ1) is 18.3. The topological polar surface area (TPSA) is 92.8 Å². The maximum Gasteiger partial charge on any atom is 0.337 e. The number of hydrogen-bond acceptors (Lipinski definition) is 6. The molecule has 0 bridgehead atoms. The Balaban J connectivity index is 1.81. The highest BCUT2D eigenvalue weighted by Crippen LogP contribution is 2.26. The van der Waals surface area contributed by atoms with Crippen molar-refractivity contribution in [2.45, 2.75) is 19.4 Å². The first-order chi connectivity index (χ1) is 12.9. The summed E-state index contributed by atoms with van der Waals surface area (Å²) >= 11 is 0. The largest absolute Gasteiger partial charge is 0.465 e. The predicted molar refractivity (Wildman–Crippen MR) is 98.7 cm³/mol. The van der Waals surface area contributed by atoms with E-state index in [1.165, 1.54) is 20.1 Å². The summed E-state index contributed by atoms with van der Waals surface area (Å²) in [7, 11) is 1.29. The number of Topliss-reactive ketones (excluding diaryl/α,β-unsaturated/α-hetero) is 1. The molecule has 7 heteroatoms. The Morgan fingerprint density at radius 3 is 2.48 bits per heavy atom. The molecule has 0 spiro atoms. The summed E-state index contributed by atoms with van der Waals surface area (Å²) in [5, 5.41) is 2.99. The minimum Gasteiger partial charge on any atom is -0.465 e. The van der Waals surface area contributed by atoms with Crippen LogP contribution in [0.3, 0.4) is 0 Å². The van der Waals surface area contributed by atoms with Gasteiger partial charge < -0.3 is 10.1 Å². The number of imide groups is 1. The first-order valence-electron chi connectivity index (χ1n) is 8.33. The van der Waals surface area contributed by atoms with Gasteiger partial charge in [0, 0.05) is 11.3 Å². The van der Waals surface area contributed by atoms with E-state index in [0.717, 1.165) is 4.90 Å². The van der Waals surface area contributed by atoms with E-state index in [0.29, 0.717) is 22.5 Å². The molecule has 1 fully saturated rings. The molecular weight excluding hydrogens is 348 g/mol. The van der Waals surface area contributed by atoms with E-state index in [1.807, 2.05) is 0 Å². The average molecular weight is 366 g/mol. The first-order valence-corrected chi connectivity index (χ1v) is 8.33. The molecule has 138 valence electrons. The van der Waals surface area contributed by atoms with Gasteiger partial charge in [0.1, 0.15) is 6.04 Å². The molecule has 3 rings (SSSR count). The molecule has 27 heavy (non-hydrogen) atoms. The Morgan fingerprint density at radius 1 is 1.07 bits per heavy atom. The van der Waals surface area contributed by atoms with Gasteiger partial charge in [-0.2, -0.15) is 0 Å². The third-order valence-electron chi connectivity index (χ3n) is 4.28. The van der Waals surface area contributed by atoms with Crippen molar-refractivity contribution in [3.63, 3.8) is 0 Å². The number of methoxy groups -OCH3 is 1. The van der Waals surface area contributed by atoms with Gasteiger partial charge in [-0.25, -0.2) is 9.69 Å². The van der Waals surface area contributed by atoms with Crippen LogP contribution in [0.1, 0.15) is 34.1 Å². The molecule has 1 atom stereocenters. The van der Waals surface area contributed by atoms with Crippen LogP contribution in [0.2, 0.25) is 0 Å². The summed E-state index contributed by atoms with van der Waals surface area (Å²) in [6.45, 7) is 1.42. The number of benzene rings is 2. The van der Waals surface area contributed by atoms with Gasteiger partial charge in [-0.05, 0) is 37.3 Å². The van der Waals surface area contributed by atoms with Crippen molar-refractivity contribution in [2.24, 2.45) is 0 Å². The van der Waals surface area contributed by atoms with E-state index in [9.17, 15) is 19.2 Å². The Hall–Kier alpha value is -3.48. The number of esters is 1. The average Bonchev–Trinajstić information content (AvgIpc) is 2.94. The Labute approximate surface area is 155 Å². The van der Waals surface area contributed by atoms with Crippen LogP contribution in [0.4, 0.5) is 11.4 Å². The lowest BCUT2D eigenvalue weighted by Gasteiger charge is -2.17. The third kappa shape index (κ3) is 3.72. The Morgan fingerprint density at radius 2 is 1.78 bits per heavy atom. The number of anilines is 2. The summed E-state index contributed by atoms with van der Waals surface area (Å²) in [6.07, 6.45) is -0.0222. The lowest BCUT2D eigenvalue weighted by atomic mass is 10.1. The number of nitrogens with zero attached hydrogens (tertiary/aromatic N) is 1. The van der Waals surface area contributed by atoms with Crippen LogP contribution in [-0.2, 0) is 14.3 Å². The van der Waals surface area contributed by atoms with Gasteiger partial charge in [-0.1, -0.05) is 18.2 Å². The van der Waals surface area contributed by atoms with Gasteiger partial charge in [0.25, 0.3) is 5.91 Å². The van der Waals surface area contributed by atoms with Crippen molar-refractivity contribution < 1.29 is 23.9 Å². The molecule has 2 amide bonds. The second kappa shape index (κ2) is 7.41. The smallest absolute Gasteiger partial charge is 0.337 e. The fourth-order valence-electron chi connectivity index (χ4n) is 2.93. The molecule has 1 N–H and O–H groups in total. The van der Waals surface area contributed by atoms with Crippen molar-refractivity contribution in [1.29, 1.82) is 0 Å². The number of rotatable bonds is 5. The second-order valence-corrected chi connectivity index (χ2v) is 6.15. The molecular formula is C20H18N2O5. The van der Waals surface area contributed by atoms with E-state index >= 15 is 0 Å². The molecule has 1 aliphatic rings. The Kier molecular flexibility index (Phi) is 5.03. The molecule has 1 saturated heterocycles. The van der Waals surface area contributed by atoms with E-state index < -0.39 is 17.9 Å². The summed E-state index contributed by atoms with van der Waals surface area (Å²) in [5.74, 6) is -1.41. The zero-order chi connectivity index (χ0) is 19.6. The predicted octanol–water partition coefficient (Wildman–Crippen LogP) is 2.42. The van der Waals surface area contributed by atoms with E-state index in [1.54, 1.807) is 42.5 Å². The summed E-state index contributed by atoms with van der Waals surface area (Å²) in [6, 6.07) is 12.2. The molecule has 0 saturated carbocycles. The van der Waals surface area contributed by atoms with Crippen LogP contribution in [0.5, 0.6) is 0 Å². The maximum atomic E-state index is 12.7.